The highest BCUT2D eigenvalue weighted by molar-refractivity contribution is 9.11. The van der Waals surface area contributed by atoms with E-state index in [1.54, 1.807) is 12.1 Å². The van der Waals surface area contributed by atoms with Gasteiger partial charge < -0.3 is 15.5 Å². The number of carbonyl (C=O) groups is 1. The van der Waals surface area contributed by atoms with Gasteiger partial charge in [0.05, 0.1) is 16.6 Å². The van der Waals surface area contributed by atoms with E-state index >= 15 is 0 Å². The van der Waals surface area contributed by atoms with Gasteiger partial charge in [-0.05, 0) is 56.6 Å². The highest BCUT2D eigenvalue weighted by Gasteiger charge is 2.17. The van der Waals surface area contributed by atoms with Gasteiger partial charge in [0.25, 0.3) is 0 Å². The Morgan fingerprint density at radius 1 is 0.962 bits per heavy atom. The molecule has 140 valence electrons. The highest BCUT2D eigenvalue weighted by Crippen LogP contribution is 2.36. The van der Waals surface area contributed by atoms with Crippen LogP contribution in [0.15, 0.2) is 33.2 Å². The molecule has 0 unspecified atom stereocenters. The van der Waals surface area contributed by atoms with Crippen molar-refractivity contribution in [3.8, 4) is 11.5 Å². The molecule has 0 heterocycles. The number of hydrogen-bond acceptors (Lipinski definition) is 3. The van der Waals surface area contributed by atoms with E-state index in [-0.39, 0.29) is 29.9 Å². The number of amides is 1. The van der Waals surface area contributed by atoms with E-state index in [9.17, 15) is 15.0 Å². The summed E-state index contributed by atoms with van der Waals surface area (Å²) in [6.45, 7) is 8.06. The maximum atomic E-state index is 12.5. The second-order valence-corrected chi connectivity index (χ2v) is 8.71. The number of nitrogens with one attached hydrogen (secondary N) is 1. The molecule has 3 N–H and O–H groups in total. The fourth-order valence-corrected chi connectivity index (χ4v) is 3.99. The Balaban J connectivity index is 2.29. The zero-order valence-electron chi connectivity index (χ0n) is 15.2. The average Bonchev–Trinajstić information content (AvgIpc) is 2.53. The maximum Gasteiger partial charge on any atom is 0.228 e. The molecule has 0 aliphatic rings. The largest absolute Gasteiger partial charge is 0.507 e. The molecule has 0 saturated heterocycles. The second kappa shape index (κ2) is 8.44. The standard InChI is InChI=1S/C20H23Br2NO3/c1-10(2)14-5-12(6-15(11(3)4)19(14)25)7-18(24)23-17-9-13(21)8-16(22)20(17)26/h5-6,8-11,25-26H,7H2,1-4H3,(H,23,24). The van der Waals surface area contributed by atoms with Crippen LogP contribution in [0.4, 0.5) is 5.69 Å². The summed E-state index contributed by atoms with van der Waals surface area (Å²) in [5.74, 6) is 0.368. The van der Waals surface area contributed by atoms with Gasteiger partial charge in [-0.3, -0.25) is 4.79 Å². The minimum Gasteiger partial charge on any atom is -0.507 e. The van der Waals surface area contributed by atoms with Crippen molar-refractivity contribution in [3.05, 3.63) is 49.9 Å². The van der Waals surface area contributed by atoms with Gasteiger partial charge in [-0.25, -0.2) is 0 Å². The van der Waals surface area contributed by atoms with Crippen LogP contribution < -0.4 is 5.32 Å². The zero-order chi connectivity index (χ0) is 19.6. The molecule has 0 fully saturated rings. The van der Waals surface area contributed by atoms with Gasteiger partial charge in [0.2, 0.25) is 5.91 Å². The van der Waals surface area contributed by atoms with Crippen molar-refractivity contribution < 1.29 is 15.0 Å². The van der Waals surface area contributed by atoms with E-state index in [1.807, 2.05) is 39.8 Å². The Labute approximate surface area is 170 Å². The van der Waals surface area contributed by atoms with E-state index in [2.05, 4.69) is 37.2 Å². The lowest BCUT2D eigenvalue weighted by molar-refractivity contribution is -0.115. The van der Waals surface area contributed by atoms with Crippen LogP contribution in [0.25, 0.3) is 0 Å². The second-order valence-electron chi connectivity index (χ2n) is 6.94. The lowest BCUT2D eigenvalue weighted by Gasteiger charge is -2.17. The Hall–Kier alpha value is -1.53. The molecule has 0 atom stereocenters. The van der Waals surface area contributed by atoms with E-state index in [0.29, 0.717) is 15.9 Å². The molecule has 0 aromatic heterocycles. The topological polar surface area (TPSA) is 69.6 Å². The maximum absolute atomic E-state index is 12.5. The van der Waals surface area contributed by atoms with Crippen molar-refractivity contribution in [1.82, 2.24) is 0 Å². The number of phenolic OH excluding ortho intramolecular Hbond substituents is 2. The summed E-state index contributed by atoms with van der Waals surface area (Å²) in [5.41, 5.74) is 2.85. The van der Waals surface area contributed by atoms with Crippen LogP contribution in [0.3, 0.4) is 0 Å². The third-order valence-corrected chi connectivity index (χ3v) is 5.20. The summed E-state index contributed by atoms with van der Waals surface area (Å²) >= 11 is 6.60. The molecule has 4 nitrogen and oxygen atoms in total. The molecule has 0 radical (unpaired) electrons. The van der Waals surface area contributed by atoms with Crippen molar-refractivity contribution in [2.24, 2.45) is 0 Å². The van der Waals surface area contributed by atoms with Crippen molar-refractivity contribution >= 4 is 43.5 Å². The number of benzene rings is 2. The average molecular weight is 485 g/mol. The minimum atomic E-state index is -0.236. The number of halogens is 2. The summed E-state index contributed by atoms with van der Waals surface area (Å²) in [4.78, 5) is 12.5. The highest BCUT2D eigenvalue weighted by atomic mass is 79.9. The molecule has 0 aliphatic carbocycles. The van der Waals surface area contributed by atoms with Crippen LogP contribution in [0.5, 0.6) is 11.5 Å². The SMILES string of the molecule is CC(C)c1cc(CC(=O)Nc2cc(Br)cc(Br)c2O)cc(C(C)C)c1O. The molecule has 0 saturated carbocycles. The first-order valence-corrected chi connectivity index (χ1v) is 10.0. The van der Waals surface area contributed by atoms with Crippen molar-refractivity contribution in [2.45, 2.75) is 46.0 Å². The molecular formula is C20H23Br2NO3. The summed E-state index contributed by atoms with van der Waals surface area (Å²) in [6, 6.07) is 7.10. The van der Waals surface area contributed by atoms with E-state index < -0.39 is 0 Å². The quantitative estimate of drug-likeness (QED) is 0.452. The first kappa shape index (κ1) is 20.8. The number of anilines is 1. The number of hydrogen-bond donors (Lipinski definition) is 3. The lowest BCUT2D eigenvalue weighted by atomic mass is 9.90. The molecule has 0 spiro atoms. The molecule has 2 rings (SSSR count). The van der Waals surface area contributed by atoms with Gasteiger partial charge in [-0.1, -0.05) is 55.8 Å². The Bertz CT molecular complexity index is 803. The Morgan fingerprint density at radius 3 is 2.00 bits per heavy atom. The van der Waals surface area contributed by atoms with Gasteiger partial charge in [-0.2, -0.15) is 0 Å². The molecule has 2 aromatic carbocycles. The number of phenols is 2. The Kier molecular flexibility index (Phi) is 6.74. The summed E-state index contributed by atoms with van der Waals surface area (Å²) in [5, 5.41) is 23.3. The predicted octanol–water partition coefficient (Wildman–Crippen LogP) is 6.05. The van der Waals surface area contributed by atoms with Crippen molar-refractivity contribution in [3.63, 3.8) is 0 Å². The molecular weight excluding hydrogens is 462 g/mol. The van der Waals surface area contributed by atoms with Crippen LogP contribution in [0.2, 0.25) is 0 Å². The van der Waals surface area contributed by atoms with Crippen LogP contribution in [-0.2, 0) is 11.2 Å². The van der Waals surface area contributed by atoms with Gasteiger partial charge in [-0.15, -0.1) is 0 Å². The fraction of sp³-hybridized carbons (Fsp3) is 0.350. The first-order chi connectivity index (χ1) is 12.1. The smallest absolute Gasteiger partial charge is 0.228 e. The molecule has 0 bridgehead atoms. The van der Waals surface area contributed by atoms with E-state index in [1.165, 1.54) is 0 Å². The minimum absolute atomic E-state index is 0.0157. The lowest BCUT2D eigenvalue weighted by Crippen LogP contribution is -2.15. The number of rotatable bonds is 5. The van der Waals surface area contributed by atoms with E-state index in [4.69, 9.17) is 0 Å². The van der Waals surface area contributed by atoms with Crippen LogP contribution >= 0.6 is 31.9 Å². The normalized spacial score (nSPS) is 11.2. The van der Waals surface area contributed by atoms with Gasteiger partial charge in [0.15, 0.2) is 5.75 Å². The summed E-state index contributed by atoms with van der Waals surface area (Å²) in [7, 11) is 0. The van der Waals surface area contributed by atoms with Gasteiger partial charge >= 0.3 is 0 Å². The van der Waals surface area contributed by atoms with Gasteiger partial charge in [0, 0.05) is 4.47 Å². The molecule has 6 heteroatoms. The van der Waals surface area contributed by atoms with Crippen LogP contribution in [0.1, 0.15) is 56.2 Å². The molecule has 0 aliphatic heterocycles. The fourth-order valence-electron chi connectivity index (χ4n) is 2.77. The third kappa shape index (κ3) is 4.80. The van der Waals surface area contributed by atoms with Crippen molar-refractivity contribution in [1.29, 1.82) is 0 Å². The summed E-state index contributed by atoms with van der Waals surface area (Å²) < 4.78 is 1.24. The number of aromatic hydroxyl groups is 2. The van der Waals surface area contributed by atoms with Crippen LogP contribution in [-0.4, -0.2) is 16.1 Å². The Morgan fingerprint density at radius 2 is 1.50 bits per heavy atom. The predicted molar refractivity (Wildman–Crippen MR) is 112 cm³/mol. The zero-order valence-corrected chi connectivity index (χ0v) is 18.4. The van der Waals surface area contributed by atoms with Crippen LogP contribution in [0, 0.1) is 0 Å². The number of carbonyl (C=O) groups excluding carboxylic acids is 1. The van der Waals surface area contributed by atoms with E-state index in [0.717, 1.165) is 21.2 Å². The first-order valence-electron chi connectivity index (χ1n) is 8.43. The molecule has 26 heavy (non-hydrogen) atoms. The van der Waals surface area contributed by atoms with Crippen molar-refractivity contribution in [2.75, 3.05) is 5.32 Å². The molecule has 1 amide bonds. The monoisotopic (exact) mass is 483 g/mol. The third-order valence-electron chi connectivity index (χ3n) is 4.14. The summed E-state index contributed by atoms with van der Waals surface area (Å²) in [6.07, 6.45) is 0.156. The van der Waals surface area contributed by atoms with Gasteiger partial charge in [0.1, 0.15) is 5.75 Å². The molecule has 2 aromatic rings.